The number of aryl methyl sites for hydroxylation is 1. The molecule has 4 nitrogen and oxygen atoms in total. The van der Waals surface area contributed by atoms with Crippen molar-refractivity contribution in [3.05, 3.63) is 29.3 Å². The van der Waals surface area contributed by atoms with Crippen molar-refractivity contribution in [2.75, 3.05) is 24.6 Å². The molecule has 0 saturated heterocycles. The zero-order chi connectivity index (χ0) is 13.8. The summed E-state index contributed by atoms with van der Waals surface area (Å²) in [6.07, 6.45) is 0.610. The van der Waals surface area contributed by atoms with Crippen molar-refractivity contribution in [2.24, 2.45) is 0 Å². The molecule has 0 radical (unpaired) electrons. The van der Waals surface area contributed by atoms with Gasteiger partial charge in [-0.3, -0.25) is 4.79 Å². The lowest BCUT2D eigenvalue weighted by Gasteiger charge is -2.31. The molecule has 0 aliphatic carbocycles. The maximum Gasteiger partial charge on any atom is 0.325 e. The van der Waals surface area contributed by atoms with Crippen molar-refractivity contribution in [2.45, 2.75) is 20.3 Å². The van der Waals surface area contributed by atoms with E-state index in [9.17, 15) is 9.59 Å². The van der Waals surface area contributed by atoms with E-state index < -0.39 is 0 Å². The normalized spacial score (nSPS) is 13.8. The Morgan fingerprint density at radius 2 is 2.26 bits per heavy atom. The number of carbonyl (C=O) groups is 1. The Bertz CT molecular complexity index is 544. The van der Waals surface area contributed by atoms with Crippen LogP contribution in [0.25, 0.3) is 5.57 Å². The average molecular weight is 259 g/mol. The molecule has 0 atom stereocenters. The quantitative estimate of drug-likeness (QED) is 0.615. The number of ether oxygens (including phenoxy) is 1. The predicted molar refractivity (Wildman–Crippen MR) is 73.7 cm³/mol. The summed E-state index contributed by atoms with van der Waals surface area (Å²) in [5.74, 6) is 1.76. The van der Waals surface area contributed by atoms with Gasteiger partial charge in [0.1, 0.15) is 12.5 Å². The first-order valence-electron chi connectivity index (χ1n) is 6.41. The molecule has 100 valence electrons. The van der Waals surface area contributed by atoms with Crippen LogP contribution in [0, 0.1) is 6.92 Å². The Morgan fingerprint density at radius 1 is 1.47 bits per heavy atom. The van der Waals surface area contributed by atoms with Gasteiger partial charge in [0.2, 0.25) is 0 Å². The fraction of sp³-hybridized carbons (Fsp3) is 0.400. The van der Waals surface area contributed by atoms with E-state index in [1.807, 2.05) is 36.0 Å². The summed E-state index contributed by atoms with van der Waals surface area (Å²) in [5, 5.41) is 0. The molecule has 1 aliphatic heterocycles. The highest BCUT2D eigenvalue weighted by Gasteiger charge is 2.23. The first kappa shape index (κ1) is 13.4. The second-order valence-electron chi connectivity index (χ2n) is 4.58. The molecule has 19 heavy (non-hydrogen) atoms. The van der Waals surface area contributed by atoms with Crippen LogP contribution in [0.1, 0.15) is 24.5 Å². The minimum absolute atomic E-state index is 0.219. The van der Waals surface area contributed by atoms with Gasteiger partial charge < -0.3 is 9.64 Å². The molecule has 2 rings (SSSR count). The highest BCUT2D eigenvalue weighted by Crippen LogP contribution is 2.33. The number of hydrogen-bond acceptors (Lipinski definition) is 4. The Hall–Kier alpha value is -2.06. The Kier molecular flexibility index (Phi) is 4.03. The molecule has 0 spiro atoms. The lowest BCUT2D eigenvalue weighted by Crippen LogP contribution is -2.35. The number of hydrogen-bond donors (Lipinski definition) is 0. The summed E-state index contributed by atoms with van der Waals surface area (Å²) >= 11 is 0. The van der Waals surface area contributed by atoms with Crippen molar-refractivity contribution in [3.63, 3.8) is 0 Å². The monoisotopic (exact) mass is 259 g/mol. The molecular formula is C15H17NO3. The molecule has 0 bridgehead atoms. The lowest BCUT2D eigenvalue weighted by molar-refractivity contribution is -0.141. The maximum absolute atomic E-state index is 11.6. The van der Waals surface area contributed by atoms with E-state index in [1.54, 1.807) is 6.92 Å². The van der Waals surface area contributed by atoms with Gasteiger partial charge in [-0.2, -0.15) is 0 Å². The fourth-order valence-corrected chi connectivity index (χ4v) is 2.29. The van der Waals surface area contributed by atoms with Crippen LogP contribution in [0.2, 0.25) is 0 Å². The van der Waals surface area contributed by atoms with Crippen molar-refractivity contribution in [3.8, 4) is 0 Å². The molecule has 0 saturated carbocycles. The number of fused-ring (bicyclic) bond motifs is 1. The molecule has 1 heterocycles. The van der Waals surface area contributed by atoms with Gasteiger partial charge in [0.05, 0.1) is 6.61 Å². The van der Waals surface area contributed by atoms with Crippen LogP contribution in [-0.4, -0.2) is 31.6 Å². The Balaban J connectivity index is 2.32. The van der Waals surface area contributed by atoms with Crippen LogP contribution in [0.5, 0.6) is 0 Å². The van der Waals surface area contributed by atoms with Crippen LogP contribution in [-0.2, 0) is 14.3 Å². The number of esters is 1. The molecular weight excluding hydrogens is 242 g/mol. The second-order valence-corrected chi connectivity index (χ2v) is 4.58. The van der Waals surface area contributed by atoms with E-state index in [0.29, 0.717) is 25.1 Å². The maximum atomic E-state index is 11.6. The number of anilines is 1. The molecule has 0 unspecified atom stereocenters. The highest BCUT2D eigenvalue weighted by atomic mass is 16.5. The fourth-order valence-electron chi connectivity index (χ4n) is 2.29. The number of nitrogens with zero attached hydrogens (tertiary/aromatic N) is 1. The SMILES string of the molecule is CCOC(=O)CN1CCC(=C=O)c2ccc(C)cc21. The Labute approximate surface area is 112 Å². The van der Waals surface area contributed by atoms with Gasteiger partial charge in [-0.15, -0.1) is 0 Å². The molecule has 4 heteroatoms. The molecule has 0 N–H and O–H groups in total. The van der Waals surface area contributed by atoms with Crippen LogP contribution < -0.4 is 4.90 Å². The van der Waals surface area contributed by atoms with E-state index in [4.69, 9.17) is 4.74 Å². The minimum atomic E-state index is -0.242. The first-order chi connectivity index (χ1) is 9.15. The summed E-state index contributed by atoms with van der Waals surface area (Å²) in [6.45, 7) is 5.02. The van der Waals surface area contributed by atoms with Crippen LogP contribution in [0.15, 0.2) is 18.2 Å². The molecule has 1 aromatic rings. The van der Waals surface area contributed by atoms with Crippen LogP contribution in [0.3, 0.4) is 0 Å². The second kappa shape index (κ2) is 5.72. The predicted octanol–water partition coefficient (Wildman–Crippen LogP) is 1.98. The Morgan fingerprint density at radius 3 is 2.95 bits per heavy atom. The molecule has 0 amide bonds. The van der Waals surface area contributed by atoms with Gasteiger partial charge >= 0.3 is 5.97 Å². The summed E-state index contributed by atoms with van der Waals surface area (Å²) in [4.78, 5) is 24.5. The topological polar surface area (TPSA) is 46.6 Å². The lowest BCUT2D eigenvalue weighted by atomic mass is 9.95. The third-order valence-corrected chi connectivity index (χ3v) is 3.20. The van der Waals surface area contributed by atoms with Crippen molar-refractivity contribution in [1.29, 1.82) is 0 Å². The largest absolute Gasteiger partial charge is 0.465 e. The van der Waals surface area contributed by atoms with Crippen LogP contribution >= 0.6 is 0 Å². The van der Waals surface area contributed by atoms with Gasteiger partial charge in [0, 0.05) is 29.8 Å². The summed E-state index contributed by atoms with van der Waals surface area (Å²) in [6, 6.07) is 5.87. The molecule has 1 aromatic carbocycles. The van der Waals surface area contributed by atoms with Gasteiger partial charge in [0.25, 0.3) is 0 Å². The van der Waals surface area contributed by atoms with Gasteiger partial charge in [-0.05, 0) is 25.5 Å². The van der Waals surface area contributed by atoms with E-state index in [2.05, 4.69) is 0 Å². The third kappa shape index (κ3) is 2.85. The molecule has 1 aliphatic rings. The molecule has 0 aromatic heterocycles. The number of benzene rings is 1. The van der Waals surface area contributed by atoms with Crippen molar-refractivity contribution in [1.82, 2.24) is 0 Å². The van der Waals surface area contributed by atoms with Crippen molar-refractivity contribution < 1.29 is 14.3 Å². The number of rotatable bonds is 3. The van der Waals surface area contributed by atoms with Gasteiger partial charge in [-0.25, -0.2) is 4.79 Å². The van der Waals surface area contributed by atoms with Gasteiger partial charge in [0.15, 0.2) is 0 Å². The summed E-state index contributed by atoms with van der Waals surface area (Å²) < 4.78 is 4.98. The highest BCUT2D eigenvalue weighted by molar-refractivity contribution is 5.95. The summed E-state index contributed by atoms with van der Waals surface area (Å²) in [5.41, 5.74) is 3.56. The smallest absolute Gasteiger partial charge is 0.325 e. The van der Waals surface area contributed by atoms with Crippen LogP contribution in [0.4, 0.5) is 5.69 Å². The van der Waals surface area contributed by atoms with Gasteiger partial charge in [-0.1, -0.05) is 12.1 Å². The zero-order valence-corrected chi connectivity index (χ0v) is 11.2. The minimum Gasteiger partial charge on any atom is -0.465 e. The standard InChI is InChI=1S/C15H17NO3/c1-3-19-15(18)9-16-7-6-12(10-17)13-5-4-11(2)8-14(13)16/h4-5,8H,3,6-7,9H2,1-2H3. The molecule has 0 fully saturated rings. The van der Waals surface area contributed by atoms with E-state index in [-0.39, 0.29) is 12.5 Å². The third-order valence-electron chi connectivity index (χ3n) is 3.20. The summed E-state index contributed by atoms with van der Waals surface area (Å²) in [7, 11) is 0. The average Bonchev–Trinajstić information content (AvgIpc) is 2.39. The first-order valence-corrected chi connectivity index (χ1v) is 6.41. The zero-order valence-electron chi connectivity index (χ0n) is 11.2. The van der Waals surface area contributed by atoms with Crippen molar-refractivity contribution >= 4 is 23.2 Å². The number of carbonyl (C=O) groups excluding carboxylic acids is 2. The van der Waals surface area contributed by atoms with E-state index >= 15 is 0 Å². The van der Waals surface area contributed by atoms with E-state index in [1.165, 1.54) is 0 Å². The van der Waals surface area contributed by atoms with E-state index in [0.717, 1.165) is 16.8 Å².